The molecular formula is C11H19F2NO. The van der Waals surface area contributed by atoms with E-state index in [0.29, 0.717) is 24.9 Å². The van der Waals surface area contributed by atoms with E-state index in [2.05, 4.69) is 13.8 Å². The molecule has 0 aromatic heterocycles. The number of carbonyl (C=O) groups is 1. The van der Waals surface area contributed by atoms with Crippen LogP contribution in [0.15, 0.2) is 0 Å². The molecule has 1 aliphatic rings. The van der Waals surface area contributed by atoms with Crippen molar-refractivity contribution in [2.24, 2.45) is 11.8 Å². The average Bonchev–Trinajstić information content (AvgIpc) is 2.17. The molecular weight excluding hydrogens is 200 g/mol. The number of piperidine rings is 1. The lowest BCUT2D eigenvalue weighted by Crippen LogP contribution is -2.40. The van der Waals surface area contributed by atoms with Crippen LogP contribution < -0.4 is 0 Å². The normalized spacial score (nSPS) is 18.9. The second-order valence-corrected chi connectivity index (χ2v) is 4.56. The Morgan fingerprint density at radius 1 is 1.33 bits per heavy atom. The van der Waals surface area contributed by atoms with Crippen LogP contribution in [-0.4, -0.2) is 30.3 Å². The van der Waals surface area contributed by atoms with Crippen molar-refractivity contribution in [3.63, 3.8) is 0 Å². The fourth-order valence-electron chi connectivity index (χ4n) is 2.08. The van der Waals surface area contributed by atoms with Crippen molar-refractivity contribution in [2.75, 3.05) is 13.1 Å². The van der Waals surface area contributed by atoms with E-state index in [9.17, 15) is 13.6 Å². The average molecular weight is 219 g/mol. The number of halogens is 2. The second kappa shape index (κ2) is 5.42. The molecule has 1 rings (SSSR count). The lowest BCUT2D eigenvalue weighted by Gasteiger charge is -2.33. The summed E-state index contributed by atoms with van der Waals surface area (Å²) in [6.07, 6.45) is -1.23. The zero-order chi connectivity index (χ0) is 11.4. The Kier molecular flexibility index (Phi) is 4.48. The first kappa shape index (κ1) is 12.4. The summed E-state index contributed by atoms with van der Waals surface area (Å²) < 4.78 is 24.0. The minimum atomic E-state index is -2.51. The third-order valence-corrected chi connectivity index (χ3v) is 3.16. The Labute approximate surface area is 89.6 Å². The molecule has 0 atom stereocenters. The van der Waals surface area contributed by atoms with Crippen LogP contribution in [0.3, 0.4) is 0 Å². The maximum atomic E-state index is 12.0. The Morgan fingerprint density at radius 2 is 1.87 bits per heavy atom. The zero-order valence-corrected chi connectivity index (χ0v) is 9.38. The van der Waals surface area contributed by atoms with Gasteiger partial charge in [0.25, 0.3) is 0 Å². The Balaban J connectivity index is 2.34. The molecule has 2 nitrogen and oxygen atoms in total. The fraction of sp³-hybridized carbons (Fsp3) is 0.909. The largest absolute Gasteiger partial charge is 0.343 e. The molecule has 88 valence electrons. The van der Waals surface area contributed by atoms with Gasteiger partial charge in [0.15, 0.2) is 0 Å². The maximum absolute atomic E-state index is 12.0. The topological polar surface area (TPSA) is 20.3 Å². The summed E-state index contributed by atoms with van der Waals surface area (Å²) in [7, 11) is 0. The van der Waals surface area contributed by atoms with E-state index >= 15 is 0 Å². The highest BCUT2D eigenvalue weighted by Gasteiger charge is 2.25. The Hall–Kier alpha value is -0.670. The molecule has 0 unspecified atom stereocenters. The van der Waals surface area contributed by atoms with Crippen LogP contribution in [0, 0.1) is 11.8 Å². The summed E-state index contributed by atoms with van der Waals surface area (Å²) in [5.41, 5.74) is 0. The first-order valence-electron chi connectivity index (χ1n) is 5.56. The highest BCUT2D eigenvalue weighted by molar-refractivity contribution is 5.76. The van der Waals surface area contributed by atoms with Gasteiger partial charge in [-0.05, 0) is 24.7 Å². The van der Waals surface area contributed by atoms with Crippen molar-refractivity contribution in [3.05, 3.63) is 0 Å². The highest BCUT2D eigenvalue weighted by Crippen LogP contribution is 2.24. The summed E-state index contributed by atoms with van der Waals surface area (Å²) in [5.74, 6) is 0.866. The van der Waals surface area contributed by atoms with E-state index < -0.39 is 18.8 Å². The molecule has 0 radical (unpaired) electrons. The molecule has 1 fully saturated rings. The standard InChI is InChI=1S/C11H19F2NO/c1-8(2)9-3-5-14(6-4-9)11(15)7-10(12)13/h8-10H,3-7H2,1-2H3. The van der Waals surface area contributed by atoms with Gasteiger partial charge in [-0.3, -0.25) is 4.79 Å². The van der Waals surface area contributed by atoms with Gasteiger partial charge in [0, 0.05) is 13.1 Å². The van der Waals surface area contributed by atoms with Gasteiger partial charge >= 0.3 is 0 Å². The molecule has 4 heteroatoms. The van der Waals surface area contributed by atoms with Gasteiger partial charge in [0.2, 0.25) is 12.3 Å². The van der Waals surface area contributed by atoms with Crippen LogP contribution >= 0.6 is 0 Å². The van der Waals surface area contributed by atoms with Crippen molar-refractivity contribution in [2.45, 2.75) is 39.5 Å². The van der Waals surface area contributed by atoms with Gasteiger partial charge in [-0.25, -0.2) is 8.78 Å². The highest BCUT2D eigenvalue weighted by atomic mass is 19.3. The van der Waals surface area contributed by atoms with Crippen LogP contribution in [0.2, 0.25) is 0 Å². The Bertz CT molecular complexity index is 211. The molecule has 0 aromatic rings. The van der Waals surface area contributed by atoms with Gasteiger partial charge < -0.3 is 4.90 Å². The smallest absolute Gasteiger partial charge is 0.247 e. The van der Waals surface area contributed by atoms with Crippen LogP contribution in [0.25, 0.3) is 0 Å². The molecule has 0 saturated carbocycles. The van der Waals surface area contributed by atoms with Crippen LogP contribution in [0.4, 0.5) is 8.78 Å². The summed E-state index contributed by atoms with van der Waals surface area (Å²) in [6.45, 7) is 5.63. The van der Waals surface area contributed by atoms with Gasteiger partial charge in [-0.1, -0.05) is 13.8 Å². The summed E-state index contributed by atoms with van der Waals surface area (Å²) in [5, 5.41) is 0. The van der Waals surface area contributed by atoms with Crippen LogP contribution in [0.1, 0.15) is 33.1 Å². The van der Waals surface area contributed by atoms with Crippen molar-refractivity contribution in [3.8, 4) is 0 Å². The number of amides is 1. The monoisotopic (exact) mass is 219 g/mol. The first-order valence-corrected chi connectivity index (χ1v) is 5.56. The Morgan fingerprint density at radius 3 is 2.27 bits per heavy atom. The number of likely N-dealkylation sites (tertiary alicyclic amines) is 1. The first-order chi connectivity index (χ1) is 7.00. The SMILES string of the molecule is CC(C)C1CCN(C(=O)CC(F)F)CC1. The number of nitrogens with zero attached hydrogens (tertiary/aromatic N) is 1. The van der Waals surface area contributed by atoms with Gasteiger partial charge in [-0.15, -0.1) is 0 Å². The third-order valence-electron chi connectivity index (χ3n) is 3.16. The number of rotatable bonds is 3. The number of carbonyl (C=O) groups excluding carboxylic acids is 1. The van der Waals surface area contributed by atoms with Crippen molar-refractivity contribution in [1.29, 1.82) is 0 Å². The maximum Gasteiger partial charge on any atom is 0.247 e. The van der Waals surface area contributed by atoms with E-state index in [1.807, 2.05) is 0 Å². The number of hydrogen-bond acceptors (Lipinski definition) is 1. The molecule has 1 amide bonds. The predicted octanol–water partition coefficient (Wildman–Crippen LogP) is 2.54. The molecule has 0 aromatic carbocycles. The molecule has 1 heterocycles. The van der Waals surface area contributed by atoms with Gasteiger partial charge in [0.1, 0.15) is 0 Å². The molecule has 0 aliphatic carbocycles. The zero-order valence-electron chi connectivity index (χ0n) is 9.38. The minimum Gasteiger partial charge on any atom is -0.343 e. The van der Waals surface area contributed by atoms with Crippen molar-refractivity contribution >= 4 is 5.91 Å². The van der Waals surface area contributed by atoms with Gasteiger partial charge in [0.05, 0.1) is 6.42 Å². The molecule has 0 spiro atoms. The van der Waals surface area contributed by atoms with E-state index in [0.717, 1.165) is 12.8 Å². The minimum absolute atomic E-state index is 0.396. The summed E-state index contributed by atoms with van der Waals surface area (Å²) in [4.78, 5) is 12.9. The predicted molar refractivity (Wildman–Crippen MR) is 54.8 cm³/mol. The second-order valence-electron chi connectivity index (χ2n) is 4.56. The van der Waals surface area contributed by atoms with Crippen LogP contribution in [0.5, 0.6) is 0 Å². The van der Waals surface area contributed by atoms with E-state index in [1.54, 1.807) is 4.90 Å². The number of hydrogen-bond donors (Lipinski definition) is 0. The molecule has 1 saturated heterocycles. The van der Waals surface area contributed by atoms with Crippen molar-refractivity contribution < 1.29 is 13.6 Å². The summed E-state index contributed by atoms with van der Waals surface area (Å²) in [6, 6.07) is 0. The van der Waals surface area contributed by atoms with Crippen molar-refractivity contribution in [1.82, 2.24) is 4.90 Å². The van der Waals surface area contributed by atoms with E-state index in [4.69, 9.17) is 0 Å². The van der Waals surface area contributed by atoms with Gasteiger partial charge in [-0.2, -0.15) is 0 Å². The fourth-order valence-corrected chi connectivity index (χ4v) is 2.08. The molecule has 0 bridgehead atoms. The lowest BCUT2D eigenvalue weighted by molar-refractivity contribution is -0.135. The number of alkyl halides is 2. The lowest BCUT2D eigenvalue weighted by atomic mass is 9.86. The molecule has 0 N–H and O–H groups in total. The molecule has 1 aliphatic heterocycles. The van der Waals surface area contributed by atoms with E-state index in [-0.39, 0.29) is 0 Å². The van der Waals surface area contributed by atoms with E-state index in [1.165, 1.54) is 0 Å². The third kappa shape index (κ3) is 3.76. The molecule has 15 heavy (non-hydrogen) atoms. The summed E-state index contributed by atoms with van der Waals surface area (Å²) >= 11 is 0. The van der Waals surface area contributed by atoms with Crippen LogP contribution in [-0.2, 0) is 4.79 Å². The quantitative estimate of drug-likeness (QED) is 0.714.